The summed E-state index contributed by atoms with van der Waals surface area (Å²) in [5.41, 5.74) is 6.43. The molecule has 0 saturated heterocycles. The summed E-state index contributed by atoms with van der Waals surface area (Å²) in [5, 5.41) is 0. The Kier molecular flexibility index (Phi) is 6.91. The molecule has 0 saturated carbocycles. The molecule has 1 atom stereocenters. The van der Waals surface area contributed by atoms with Crippen LogP contribution in [0, 0.1) is 13.8 Å². The number of unbranched alkanes of at least 4 members (excludes halogenated alkanes) is 4. The molecule has 1 aromatic heterocycles. The van der Waals surface area contributed by atoms with E-state index in [1.54, 1.807) is 0 Å². The van der Waals surface area contributed by atoms with Crippen molar-refractivity contribution in [2.45, 2.75) is 65.3 Å². The molecule has 1 rings (SSSR count). The van der Waals surface area contributed by atoms with Crippen LogP contribution in [0.2, 0.25) is 0 Å². The van der Waals surface area contributed by atoms with Crippen LogP contribution in [0.3, 0.4) is 0 Å². The Hall–Kier alpha value is -0.930. The third kappa shape index (κ3) is 4.75. The minimum absolute atomic E-state index is 0.187. The topological polar surface area (TPSA) is 50.9 Å². The molecule has 0 spiro atoms. The van der Waals surface area contributed by atoms with Gasteiger partial charge in [0.2, 0.25) is 0 Å². The predicted octanol–water partition coefficient (Wildman–Crippen LogP) is 3.56. The first kappa shape index (κ1) is 15.1. The van der Waals surface area contributed by atoms with Gasteiger partial charge >= 0.3 is 0 Å². The normalized spacial score (nSPS) is 12.7. The molecule has 0 aliphatic rings. The molecule has 0 aliphatic carbocycles. The largest absolute Gasteiger partial charge is 0.271 e. The van der Waals surface area contributed by atoms with Crippen molar-refractivity contribution in [1.82, 2.24) is 10.4 Å². The summed E-state index contributed by atoms with van der Waals surface area (Å²) in [5.74, 6) is 5.66. The number of hydrogen-bond acceptors (Lipinski definition) is 3. The van der Waals surface area contributed by atoms with Crippen molar-refractivity contribution in [1.29, 1.82) is 0 Å². The molecule has 0 aromatic carbocycles. The molecule has 3 nitrogen and oxygen atoms in total. The smallest absolute Gasteiger partial charge is 0.0634 e. The van der Waals surface area contributed by atoms with E-state index in [0.29, 0.717) is 0 Å². The highest BCUT2D eigenvalue weighted by molar-refractivity contribution is 5.25. The average molecular weight is 249 g/mol. The van der Waals surface area contributed by atoms with Gasteiger partial charge in [0.1, 0.15) is 0 Å². The van der Waals surface area contributed by atoms with Gasteiger partial charge in [-0.1, -0.05) is 45.1 Å². The van der Waals surface area contributed by atoms with Crippen molar-refractivity contribution in [2.24, 2.45) is 5.84 Å². The van der Waals surface area contributed by atoms with Crippen molar-refractivity contribution >= 4 is 0 Å². The number of nitrogens with zero attached hydrogens (tertiary/aromatic N) is 1. The number of aryl methyl sites for hydroxylation is 2. The Bertz CT molecular complexity index is 350. The number of hydrogen-bond donors (Lipinski definition) is 2. The SMILES string of the molecule is CCCCCCCC(NN)c1ncc(C)cc1C. The van der Waals surface area contributed by atoms with Crippen LogP contribution in [0.4, 0.5) is 0 Å². The van der Waals surface area contributed by atoms with Gasteiger partial charge in [-0.15, -0.1) is 0 Å². The van der Waals surface area contributed by atoms with Crippen LogP contribution < -0.4 is 11.3 Å². The minimum Gasteiger partial charge on any atom is -0.271 e. The van der Waals surface area contributed by atoms with E-state index >= 15 is 0 Å². The second-order valence-corrected chi connectivity index (χ2v) is 5.14. The van der Waals surface area contributed by atoms with Crippen molar-refractivity contribution < 1.29 is 0 Å². The zero-order valence-electron chi connectivity index (χ0n) is 12.0. The molecular weight excluding hydrogens is 222 g/mol. The fraction of sp³-hybridized carbons (Fsp3) is 0.667. The van der Waals surface area contributed by atoms with Gasteiger partial charge in [-0.05, 0) is 31.4 Å². The molecule has 18 heavy (non-hydrogen) atoms. The molecule has 0 fully saturated rings. The predicted molar refractivity (Wildman–Crippen MR) is 77.2 cm³/mol. The fourth-order valence-corrected chi connectivity index (χ4v) is 2.34. The van der Waals surface area contributed by atoms with E-state index in [2.05, 4.69) is 37.2 Å². The highest BCUT2D eigenvalue weighted by atomic mass is 15.2. The van der Waals surface area contributed by atoms with E-state index in [-0.39, 0.29) is 6.04 Å². The quantitative estimate of drug-likeness (QED) is 0.421. The van der Waals surface area contributed by atoms with Gasteiger partial charge in [-0.25, -0.2) is 0 Å². The lowest BCUT2D eigenvalue weighted by Crippen LogP contribution is -2.29. The molecule has 102 valence electrons. The molecule has 1 heterocycles. The molecule has 0 bridgehead atoms. The lowest BCUT2D eigenvalue weighted by Gasteiger charge is -2.17. The summed E-state index contributed by atoms with van der Waals surface area (Å²) in [6.07, 6.45) is 9.44. The van der Waals surface area contributed by atoms with E-state index in [4.69, 9.17) is 5.84 Å². The first-order valence-corrected chi connectivity index (χ1v) is 7.08. The van der Waals surface area contributed by atoms with E-state index in [1.165, 1.54) is 43.2 Å². The van der Waals surface area contributed by atoms with E-state index < -0.39 is 0 Å². The van der Waals surface area contributed by atoms with Crippen LogP contribution in [-0.2, 0) is 0 Å². The minimum atomic E-state index is 0.187. The van der Waals surface area contributed by atoms with Crippen molar-refractivity contribution in [2.75, 3.05) is 0 Å². The molecule has 1 aromatic rings. The number of rotatable bonds is 8. The van der Waals surface area contributed by atoms with E-state index in [9.17, 15) is 0 Å². The van der Waals surface area contributed by atoms with Gasteiger partial charge in [0.05, 0.1) is 11.7 Å². The first-order valence-electron chi connectivity index (χ1n) is 7.08. The van der Waals surface area contributed by atoms with Gasteiger partial charge in [-0.2, -0.15) is 0 Å². The molecule has 3 N–H and O–H groups in total. The molecule has 1 unspecified atom stereocenters. The summed E-state index contributed by atoms with van der Waals surface area (Å²) in [6, 6.07) is 2.36. The fourth-order valence-electron chi connectivity index (χ4n) is 2.34. The molecular formula is C15H27N3. The van der Waals surface area contributed by atoms with Crippen molar-refractivity contribution in [3.8, 4) is 0 Å². The zero-order valence-corrected chi connectivity index (χ0v) is 12.0. The summed E-state index contributed by atoms with van der Waals surface area (Å²) in [6.45, 7) is 6.42. The number of aromatic nitrogens is 1. The third-order valence-corrected chi connectivity index (χ3v) is 3.38. The summed E-state index contributed by atoms with van der Waals surface area (Å²) in [7, 11) is 0. The third-order valence-electron chi connectivity index (χ3n) is 3.38. The lowest BCUT2D eigenvalue weighted by atomic mass is 10.0. The Balaban J connectivity index is 2.49. The molecule has 3 heteroatoms. The molecule has 0 aliphatic heterocycles. The first-order chi connectivity index (χ1) is 8.69. The van der Waals surface area contributed by atoms with Gasteiger partial charge in [0.25, 0.3) is 0 Å². The summed E-state index contributed by atoms with van der Waals surface area (Å²) < 4.78 is 0. The van der Waals surface area contributed by atoms with Crippen LogP contribution in [0.1, 0.15) is 68.3 Å². The second kappa shape index (κ2) is 8.22. The van der Waals surface area contributed by atoms with Gasteiger partial charge in [-0.3, -0.25) is 16.3 Å². The van der Waals surface area contributed by atoms with E-state index in [1.807, 2.05) is 6.20 Å². The maximum absolute atomic E-state index is 5.66. The monoisotopic (exact) mass is 249 g/mol. The summed E-state index contributed by atoms with van der Waals surface area (Å²) >= 11 is 0. The maximum atomic E-state index is 5.66. The Morgan fingerprint density at radius 2 is 1.94 bits per heavy atom. The zero-order chi connectivity index (χ0) is 13.4. The van der Waals surface area contributed by atoms with Crippen molar-refractivity contribution in [3.05, 3.63) is 29.1 Å². The highest BCUT2D eigenvalue weighted by Crippen LogP contribution is 2.21. The number of nitrogens with two attached hydrogens (primary N) is 1. The standard InChI is InChI=1S/C15H27N3/c1-4-5-6-7-8-9-14(18-16)15-13(3)10-12(2)11-17-15/h10-11,14,18H,4-9,16H2,1-3H3. The van der Waals surface area contributed by atoms with Crippen LogP contribution in [0.15, 0.2) is 12.3 Å². The second-order valence-electron chi connectivity index (χ2n) is 5.14. The highest BCUT2D eigenvalue weighted by Gasteiger charge is 2.13. The average Bonchev–Trinajstić information content (AvgIpc) is 2.35. The Morgan fingerprint density at radius 1 is 1.22 bits per heavy atom. The number of nitrogens with one attached hydrogen (secondary N) is 1. The summed E-state index contributed by atoms with van der Waals surface area (Å²) in [4.78, 5) is 4.52. The molecule has 0 amide bonds. The van der Waals surface area contributed by atoms with Crippen LogP contribution >= 0.6 is 0 Å². The van der Waals surface area contributed by atoms with Crippen LogP contribution in [-0.4, -0.2) is 4.98 Å². The Morgan fingerprint density at radius 3 is 2.56 bits per heavy atom. The van der Waals surface area contributed by atoms with E-state index in [0.717, 1.165) is 12.1 Å². The lowest BCUT2D eigenvalue weighted by molar-refractivity contribution is 0.468. The number of hydrazine groups is 1. The van der Waals surface area contributed by atoms with Gasteiger partial charge < -0.3 is 0 Å². The van der Waals surface area contributed by atoms with Crippen LogP contribution in [0.25, 0.3) is 0 Å². The number of pyridine rings is 1. The van der Waals surface area contributed by atoms with Gasteiger partial charge in [0.15, 0.2) is 0 Å². The van der Waals surface area contributed by atoms with Gasteiger partial charge in [0, 0.05) is 6.20 Å². The van der Waals surface area contributed by atoms with Crippen LogP contribution in [0.5, 0.6) is 0 Å². The maximum Gasteiger partial charge on any atom is 0.0634 e. The van der Waals surface area contributed by atoms with Crippen molar-refractivity contribution in [3.63, 3.8) is 0 Å². The Labute approximate surface area is 111 Å². The molecule has 0 radical (unpaired) electrons.